The van der Waals surface area contributed by atoms with Gasteiger partial charge in [0.15, 0.2) is 5.69 Å². The molecule has 0 saturated carbocycles. The molecular weight excluding hydrogens is 276 g/mol. The fraction of sp³-hybridized carbons (Fsp3) is 0.357. The van der Waals surface area contributed by atoms with Crippen LogP contribution >= 0.6 is 11.6 Å². The van der Waals surface area contributed by atoms with Gasteiger partial charge < -0.3 is 5.32 Å². The molecule has 0 aliphatic carbocycles. The van der Waals surface area contributed by atoms with Crippen LogP contribution in [0.5, 0.6) is 0 Å². The van der Waals surface area contributed by atoms with Crippen LogP contribution in [0.4, 0.5) is 0 Å². The summed E-state index contributed by atoms with van der Waals surface area (Å²) in [6.45, 7) is 7.56. The maximum absolute atomic E-state index is 12.1. The van der Waals surface area contributed by atoms with Gasteiger partial charge in [-0.1, -0.05) is 22.9 Å². The largest absolute Gasteiger partial charge is 0.346 e. The fourth-order valence-electron chi connectivity index (χ4n) is 1.79. The molecule has 0 aliphatic heterocycles. The zero-order valence-electron chi connectivity index (χ0n) is 11.9. The molecule has 1 amide bonds. The molecule has 20 heavy (non-hydrogen) atoms. The molecule has 0 unspecified atom stereocenters. The summed E-state index contributed by atoms with van der Waals surface area (Å²) in [5, 5.41) is 11.5. The smallest absolute Gasteiger partial charge is 0.274 e. The highest BCUT2D eigenvalue weighted by atomic mass is 35.5. The lowest BCUT2D eigenvalue weighted by atomic mass is 10.1. The predicted molar refractivity (Wildman–Crippen MR) is 78.3 cm³/mol. The number of carbonyl (C=O) groups excluding carboxylic acids is 1. The predicted octanol–water partition coefficient (Wildman–Crippen LogP) is 2.76. The van der Waals surface area contributed by atoms with Gasteiger partial charge in [-0.05, 0) is 45.9 Å². The number of amides is 1. The van der Waals surface area contributed by atoms with E-state index in [1.54, 1.807) is 23.7 Å². The molecule has 6 heteroatoms. The second kappa shape index (κ2) is 5.25. The number of hydrogen-bond acceptors (Lipinski definition) is 3. The molecule has 0 radical (unpaired) electrons. The Bertz CT molecular complexity index is 643. The average Bonchev–Trinajstić information content (AvgIpc) is 2.69. The van der Waals surface area contributed by atoms with Crippen LogP contribution in [0, 0.1) is 6.92 Å². The zero-order valence-corrected chi connectivity index (χ0v) is 12.7. The van der Waals surface area contributed by atoms with Gasteiger partial charge >= 0.3 is 0 Å². The minimum absolute atomic E-state index is 0.233. The van der Waals surface area contributed by atoms with Crippen molar-refractivity contribution >= 4 is 17.5 Å². The van der Waals surface area contributed by atoms with Crippen LogP contribution in [0.25, 0.3) is 5.69 Å². The molecule has 0 atom stereocenters. The molecule has 1 N–H and O–H groups in total. The van der Waals surface area contributed by atoms with Crippen molar-refractivity contribution in [2.75, 3.05) is 0 Å². The topological polar surface area (TPSA) is 59.8 Å². The Morgan fingerprint density at radius 3 is 2.65 bits per heavy atom. The fourth-order valence-corrected chi connectivity index (χ4v) is 1.98. The van der Waals surface area contributed by atoms with Crippen LogP contribution in [0.3, 0.4) is 0 Å². The summed E-state index contributed by atoms with van der Waals surface area (Å²) in [5.74, 6) is -0.233. The summed E-state index contributed by atoms with van der Waals surface area (Å²) in [5.41, 5.74) is 1.45. The van der Waals surface area contributed by atoms with Crippen LogP contribution in [0.2, 0.25) is 5.02 Å². The third-order valence-corrected chi connectivity index (χ3v) is 2.89. The van der Waals surface area contributed by atoms with Gasteiger partial charge in [-0.2, -0.15) is 0 Å². The Balaban J connectivity index is 2.34. The maximum atomic E-state index is 12.1. The summed E-state index contributed by atoms with van der Waals surface area (Å²) in [7, 11) is 0. The number of nitrogens with one attached hydrogen (secondary N) is 1. The lowest BCUT2D eigenvalue weighted by Gasteiger charge is -2.19. The molecule has 2 rings (SSSR count). The minimum atomic E-state index is -0.316. The van der Waals surface area contributed by atoms with Gasteiger partial charge in [0.25, 0.3) is 5.91 Å². The normalized spacial score (nSPS) is 11.4. The number of halogens is 1. The van der Waals surface area contributed by atoms with E-state index in [1.807, 2.05) is 32.9 Å². The van der Waals surface area contributed by atoms with Gasteiger partial charge in [-0.3, -0.25) is 4.79 Å². The van der Waals surface area contributed by atoms with Gasteiger partial charge in [0.2, 0.25) is 0 Å². The van der Waals surface area contributed by atoms with Crippen LogP contribution in [0.1, 0.15) is 37.0 Å². The molecule has 0 saturated heterocycles. The molecular formula is C14H17ClN4O. The monoisotopic (exact) mass is 292 g/mol. The van der Waals surface area contributed by atoms with Crippen molar-refractivity contribution in [3.8, 4) is 5.69 Å². The Kier molecular flexibility index (Phi) is 3.81. The van der Waals surface area contributed by atoms with E-state index in [0.29, 0.717) is 16.4 Å². The Morgan fingerprint density at radius 2 is 2.05 bits per heavy atom. The van der Waals surface area contributed by atoms with Crippen molar-refractivity contribution in [2.45, 2.75) is 33.2 Å². The molecule has 0 fully saturated rings. The van der Waals surface area contributed by atoms with E-state index in [0.717, 1.165) is 5.69 Å². The molecule has 106 valence electrons. The average molecular weight is 293 g/mol. The van der Waals surface area contributed by atoms with Gasteiger partial charge in [0, 0.05) is 10.6 Å². The Hall–Kier alpha value is -1.88. The Labute approximate surface area is 122 Å². The first-order valence-electron chi connectivity index (χ1n) is 6.29. The summed E-state index contributed by atoms with van der Waals surface area (Å²) in [4.78, 5) is 12.1. The van der Waals surface area contributed by atoms with Crippen molar-refractivity contribution in [2.24, 2.45) is 0 Å². The molecule has 2 aromatic rings. The van der Waals surface area contributed by atoms with E-state index >= 15 is 0 Å². The van der Waals surface area contributed by atoms with Crippen molar-refractivity contribution < 1.29 is 4.79 Å². The van der Waals surface area contributed by atoms with Crippen molar-refractivity contribution in [1.82, 2.24) is 20.3 Å². The van der Waals surface area contributed by atoms with E-state index in [1.165, 1.54) is 0 Å². The van der Waals surface area contributed by atoms with Crippen molar-refractivity contribution in [3.05, 3.63) is 40.7 Å². The van der Waals surface area contributed by atoms with E-state index in [4.69, 9.17) is 11.6 Å². The lowest BCUT2D eigenvalue weighted by Crippen LogP contribution is -2.41. The van der Waals surface area contributed by atoms with E-state index < -0.39 is 0 Å². The van der Waals surface area contributed by atoms with Gasteiger partial charge in [-0.25, -0.2) is 4.68 Å². The second-order valence-corrected chi connectivity index (χ2v) is 6.06. The molecule has 5 nitrogen and oxygen atoms in total. The molecule has 0 bridgehead atoms. The van der Waals surface area contributed by atoms with E-state index in [2.05, 4.69) is 15.6 Å². The minimum Gasteiger partial charge on any atom is -0.346 e. The highest BCUT2D eigenvalue weighted by Crippen LogP contribution is 2.17. The van der Waals surface area contributed by atoms with Gasteiger partial charge in [-0.15, -0.1) is 5.10 Å². The standard InChI is InChI=1S/C14H17ClN4O/c1-9-12(13(20)16-14(2,3)4)17-18-19(9)11-7-5-6-10(15)8-11/h5-8H,1-4H3,(H,16,20). The number of nitrogens with zero attached hydrogens (tertiary/aromatic N) is 3. The maximum Gasteiger partial charge on any atom is 0.274 e. The summed E-state index contributed by atoms with van der Waals surface area (Å²) in [6.07, 6.45) is 0. The third kappa shape index (κ3) is 3.17. The molecule has 0 aliphatic rings. The highest BCUT2D eigenvalue weighted by molar-refractivity contribution is 6.30. The number of hydrogen-bond donors (Lipinski definition) is 1. The zero-order chi connectivity index (χ0) is 14.9. The number of aromatic nitrogens is 3. The van der Waals surface area contributed by atoms with Gasteiger partial charge in [0.05, 0.1) is 11.4 Å². The van der Waals surface area contributed by atoms with Crippen molar-refractivity contribution in [1.29, 1.82) is 0 Å². The summed E-state index contributed by atoms with van der Waals surface area (Å²) in [6, 6.07) is 7.24. The first kappa shape index (κ1) is 14.5. The van der Waals surface area contributed by atoms with E-state index in [-0.39, 0.29) is 11.4 Å². The second-order valence-electron chi connectivity index (χ2n) is 5.62. The summed E-state index contributed by atoms with van der Waals surface area (Å²) < 4.78 is 1.60. The molecule has 0 spiro atoms. The molecule has 1 heterocycles. The summed E-state index contributed by atoms with van der Waals surface area (Å²) >= 11 is 5.96. The lowest BCUT2D eigenvalue weighted by molar-refractivity contribution is 0.0913. The number of carbonyl (C=O) groups is 1. The SMILES string of the molecule is Cc1c(C(=O)NC(C)(C)C)nnn1-c1cccc(Cl)c1. The molecule has 1 aromatic carbocycles. The number of benzene rings is 1. The Morgan fingerprint density at radius 1 is 1.35 bits per heavy atom. The quantitative estimate of drug-likeness (QED) is 0.926. The van der Waals surface area contributed by atoms with E-state index in [9.17, 15) is 4.79 Å². The van der Waals surface area contributed by atoms with Crippen molar-refractivity contribution in [3.63, 3.8) is 0 Å². The first-order chi connectivity index (χ1) is 9.28. The highest BCUT2D eigenvalue weighted by Gasteiger charge is 2.21. The molecule has 1 aromatic heterocycles. The third-order valence-electron chi connectivity index (χ3n) is 2.65. The van der Waals surface area contributed by atoms with Crippen LogP contribution in [-0.2, 0) is 0 Å². The number of rotatable bonds is 2. The van der Waals surface area contributed by atoms with Crippen LogP contribution < -0.4 is 5.32 Å². The first-order valence-corrected chi connectivity index (χ1v) is 6.66. The van der Waals surface area contributed by atoms with Crippen LogP contribution in [-0.4, -0.2) is 26.4 Å². The van der Waals surface area contributed by atoms with Gasteiger partial charge in [0.1, 0.15) is 0 Å². The van der Waals surface area contributed by atoms with Crippen LogP contribution in [0.15, 0.2) is 24.3 Å².